The Labute approximate surface area is 108 Å². The van der Waals surface area contributed by atoms with E-state index in [1.54, 1.807) is 11.3 Å². The zero-order chi connectivity index (χ0) is 12.8. The smallest absolute Gasteiger partial charge is 0.236 e. The van der Waals surface area contributed by atoms with Crippen LogP contribution in [0.5, 0.6) is 0 Å². The topological polar surface area (TPSA) is 41.1 Å². The van der Waals surface area contributed by atoms with Crippen LogP contribution in [0.15, 0.2) is 17.5 Å². The first-order valence-electron chi connectivity index (χ1n) is 6.08. The van der Waals surface area contributed by atoms with Gasteiger partial charge in [0.05, 0.1) is 6.04 Å². The second-order valence-corrected chi connectivity index (χ2v) is 5.74. The van der Waals surface area contributed by atoms with E-state index in [0.717, 1.165) is 6.54 Å². The number of carbonyl (C=O) groups is 1. The van der Waals surface area contributed by atoms with Gasteiger partial charge >= 0.3 is 0 Å². The highest BCUT2D eigenvalue weighted by atomic mass is 32.1. The molecule has 0 aliphatic carbocycles. The van der Waals surface area contributed by atoms with Gasteiger partial charge in [0.15, 0.2) is 0 Å². The van der Waals surface area contributed by atoms with Crippen molar-refractivity contribution in [2.75, 3.05) is 6.54 Å². The molecular weight excluding hydrogens is 232 g/mol. The summed E-state index contributed by atoms with van der Waals surface area (Å²) in [6.07, 6.45) is 0. The minimum atomic E-state index is -0.161. The summed E-state index contributed by atoms with van der Waals surface area (Å²) in [5.74, 6) is 0.558. The van der Waals surface area contributed by atoms with Gasteiger partial charge in [-0.3, -0.25) is 10.1 Å². The molecular formula is C13H22N2OS. The fraction of sp³-hybridized carbons (Fsp3) is 0.615. The number of rotatable bonds is 6. The largest absolute Gasteiger partial charge is 0.354 e. The number of hydrogen-bond acceptors (Lipinski definition) is 3. The van der Waals surface area contributed by atoms with Crippen LogP contribution in [-0.4, -0.2) is 18.5 Å². The molecule has 0 fully saturated rings. The van der Waals surface area contributed by atoms with Crippen molar-refractivity contribution in [1.82, 2.24) is 10.6 Å². The van der Waals surface area contributed by atoms with Crippen LogP contribution in [0.25, 0.3) is 0 Å². The molecule has 0 saturated carbocycles. The van der Waals surface area contributed by atoms with Crippen molar-refractivity contribution in [3.05, 3.63) is 22.4 Å². The molecule has 2 unspecified atom stereocenters. The Balaban J connectivity index is 2.38. The van der Waals surface area contributed by atoms with Crippen molar-refractivity contribution >= 4 is 17.2 Å². The maximum atomic E-state index is 11.8. The van der Waals surface area contributed by atoms with Gasteiger partial charge in [0.25, 0.3) is 0 Å². The summed E-state index contributed by atoms with van der Waals surface area (Å²) in [7, 11) is 0. The van der Waals surface area contributed by atoms with Crippen molar-refractivity contribution in [2.24, 2.45) is 5.92 Å². The average Bonchev–Trinajstić information content (AvgIpc) is 2.78. The van der Waals surface area contributed by atoms with Gasteiger partial charge in [-0.1, -0.05) is 19.9 Å². The van der Waals surface area contributed by atoms with E-state index >= 15 is 0 Å². The van der Waals surface area contributed by atoms with Crippen molar-refractivity contribution in [3.63, 3.8) is 0 Å². The molecule has 1 aromatic heterocycles. The molecule has 3 nitrogen and oxygen atoms in total. The molecule has 4 heteroatoms. The van der Waals surface area contributed by atoms with Crippen molar-refractivity contribution in [3.8, 4) is 0 Å². The first-order valence-corrected chi connectivity index (χ1v) is 6.95. The van der Waals surface area contributed by atoms with E-state index in [1.165, 1.54) is 4.88 Å². The Morgan fingerprint density at radius 2 is 2.06 bits per heavy atom. The molecule has 0 saturated heterocycles. The standard InChI is InChI=1S/C13H22N2OS/c1-9(2)8-14-13(16)11(4)15-10(3)12-6-5-7-17-12/h5-7,9-11,15H,8H2,1-4H3,(H,14,16). The van der Waals surface area contributed by atoms with Crippen molar-refractivity contribution in [1.29, 1.82) is 0 Å². The van der Waals surface area contributed by atoms with Gasteiger partial charge in [-0.05, 0) is 31.2 Å². The summed E-state index contributed by atoms with van der Waals surface area (Å²) in [6, 6.07) is 4.17. The molecule has 0 radical (unpaired) electrons. The van der Waals surface area contributed by atoms with Crippen molar-refractivity contribution in [2.45, 2.75) is 39.8 Å². The lowest BCUT2D eigenvalue weighted by atomic mass is 10.2. The molecule has 1 aromatic rings. The highest BCUT2D eigenvalue weighted by Crippen LogP contribution is 2.18. The van der Waals surface area contributed by atoms with Gasteiger partial charge < -0.3 is 5.32 Å². The van der Waals surface area contributed by atoms with Gasteiger partial charge in [-0.25, -0.2) is 0 Å². The van der Waals surface area contributed by atoms with Crippen molar-refractivity contribution < 1.29 is 4.79 Å². The SMILES string of the molecule is CC(C)CNC(=O)C(C)NC(C)c1cccs1. The number of nitrogens with one attached hydrogen (secondary N) is 2. The third kappa shape index (κ3) is 4.88. The second-order valence-electron chi connectivity index (χ2n) is 4.76. The average molecular weight is 254 g/mol. The predicted octanol–water partition coefficient (Wildman–Crippen LogP) is 2.56. The van der Waals surface area contributed by atoms with Gasteiger partial charge in [-0.15, -0.1) is 11.3 Å². The maximum Gasteiger partial charge on any atom is 0.236 e. The molecule has 0 aromatic carbocycles. The fourth-order valence-electron chi connectivity index (χ4n) is 1.53. The molecule has 96 valence electrons. The second kappa shape index (κ2) is 6.77. The predicted molar refractivity (Wildman–Crippen MR) is 73.2 cm³/mol. The molecule has 2 atom stereocenters. The number of amides is 1. The Morgan fingerprint density at radius 3 is 2.59 bits per heavy atom. The number of hydrogen-bond donors (Lipinski definition) is 2. The van der Waals surface area contributed by atoms with Gasteiger partial charge in [-0.2, -0.15) is 0 Å². The quantitative estimate of drug-likeness (QED) is 0.819. The summed E-state index contributed by atoms with van der Waals surface area (Å²) in [4.78, 5) is 13.0. The number of thiophene rings is 1. The zero-order valence-corrected chi connectivity index (χ0v) is 11.8. The van der Waals surface area contributed by atoms with Gasteiger partial charge in [0.1, 0.15) is 0 Å². The van der Waals surface area contributed by atoms with Crippen LogP contribution < -0.4 is 10.6 Å². The number of carbonyl (C=O) groups excluding carboxylic acids is 1. The van der Waals surface area contributed by atoms with Crippen LogP contribution in [0, 0.1) is 5.92 Å². The third-order valence-corrected chi connectivity index (χ3v) is 3.60. The Hall–Kier alpha value is -0.870. The van der Waals surface area contributed by atoms with E-state index < -0.39 is 0 Å². The molecule has 0 bridgehead atoms. The Bertz CT molecular complexity index is 335. The zero-order valence-electron chi connectivity index (χ0n) is 11.0. The Morgan fingerprint density at radius 1 is 1.35 bits per heavy atom. The van der Waals surface area contributed by atoms with E-state index in [1.807, 2.05) is 13.0 Å². The molecule has 2 N–H and O–H groups in total. The van der Waals surface area contributed by atoms with Gasteiger partial charge in [0.2, 0.25) is 5.91 Å². The van der Waals surface area contributed by atoms with Crippen LogP contribution in [0.3, 0.4) is 0 Å². The molecule has 17 heavy (non-hydrogen) atoms. The lowest BCUT2D eigenvalue weighted by Gasteiger charge is -2.19. The molecule has 1 heterocycles. The first-order chi connectivity index (χ1) is 8.00. The maximum absolute atomic E-state index is 11.8. The van der Waals surface area contributed by atoms with Crippen LogP contribution in [-0.2, 0) is 4.79 Å². The third-order valence-electron chi connectivity index (χ3n) is 2.55. The summed E-state index contributed by atoms with van der Waals surface area (Å²) in [5, 5.41) is 8.29. The van der Waals surface area contributed by atoms with Crippen LogP contribution >= 0.6 is 11.3 Å². The Kier molecular flexibility index (Phi) is 5.65. The summed E-state index contributed by atoms with van der Waals surface area (Å²) >= 11 is 1.71. The molecule has 1 amide bonds. The van der Waals surface area contributed by atoms with Crippen LogP contribution in [0.4, 0.5) is 0 Å². The normalized spacial score (nSPS) is 14.6. The van der Waals surface area contributed by atoms with Crippen LogP contribution in [0.2, 0.25) is 0 Å². The van der Waals surface area contributed by atoms with Gasteiger partial charge in [0, 0.05) is 17.5 Å². The lowest BCUT2D eigenvalue weighted by Crippen LogP contribution is -2.44. The van der Waals surface area contributed by atoms with E-state index in [2.05, 4.69) is 42.9 Å². The van der Waals surface area contributed by atoms with E-state index in [0.29, 0.717) is 5.92 Å². The molecule has 0 aliphatic rings. The summed E-state index contributed by atoms with van der Waals surface area (Å²) in [6.45, 7) is 8.90. The van der Waals surface area contributed by atoms with E-state index in [9.17, 15) is 4.79 Å². The van der Waals surface area contributed by atoms with E-state index in [4.69, 9.17) is 0 Å². The first kappa shape index (κ1) is 14.2. The minimum Gasteiger partial charge on any atom is -0.354 e. The lowest BCUT2D eigenvalue weighted by molar-refractivity contribution is -0.123. The summed E-state index contributed by atoms with van der Waals surface area (Å²) < 4.78 is 0. The van der Waals surface area contributed by atoms with Crippen LogP contribution in [0.1, 0.15) is 38.6 Å². The van der Waals surface area contributed by atoms with E-state index in [-0.39, 0.29) is 18.0 Å². The summed E-state index contributed by atoms with van der Waals surface area (Å²) in [5.41, 5.74) is 0. The molecule has 0 aliphatic heterocycles. The highest BCUT2D eigenvalue weighted by Gasteiger charge is 2.16. The monoisotopic (exact) mass is 254 g/mol. The minimum absolute atomic E-state index is 0.0714. The molecule has 1 rings (SSSR count). The fourth-order valence-corrected chi connectivity index (χ4v) is 2.27. The highest BCUT2D eigenvalue weighted by molar-refractivity contribution is 7.10. The molecule has 0 spiro atoms.